The number of hydrogen-bond acceptors (Lipinski definition) is 4. The molecule has 0 unspecified atom stereocenters. The van der Waals surface area contributed by atoms with Crippen molar-refractivity contribution < 1.29 is 9.59 Å². The minimum Gasteiger partial charge on any atom is -0.399 e. The number of anilines is 2. The Morgan fingerprint density at radius 1 is 1.10 bits per heavy atom. The lowest BCUT2D eigenvalue weighted by atomic mass is 10.2. The number of carbonyl (C=O) groups is 2. The van der Waals surface area contributed by atoms with Gasteiger partial charge in [-0.15, -0.1) is 0 Å². The Morgan fingerprint density at radius 2 is 1.76 bits per heavy atom. The summed E-state index contributed by atoms with van der Waals surface area (Å²) in [7, 11) is 3.57. The highest BCUT2D eigenvalue weighted by atomic mass is 16.2. The number of rotatable bonds is 8. The molecule has 0 atom stereocenters. The number of hydrogen-bond donors (Lipinski definition) is 3. The van der Waals surface area contributed by atoms with Crippen molar-refractivity contribution in [2.45, 2.75) is 19.3 Å². The third-order valence-corrected chi connectivity index (χ3v) is 3.14. The summed E-state index contributed by atoms with van der Waals surface area (Å²) in [4.78, 5) is 24.9. The Hall–Kier alpha value is -2.08. The smallest absolute Gasteiger partial charge is 0.224 e. The third kappa shape index (κ3) is 7.31. The maximum atomic E-state index is 11.8. The van der Waals surface area contributed by atoms with Crippen LogP contribution in [0.5, 0.6) is 0 Å². The second kappa shape index (κ2) is 8.97. The molecule has 2 amide bonds. The monoisotopic (exact) mass is 292 g/mol. The lowest BCUT2D eigenvalue weighted by Gasteiger charge is -2.15. The normalized spacial score (nSPS) is 10.4. The highest BCUT2D eigenvalue weighted by Gasteiger charge is 2.05. The summed E-state index contributed by atoms with van der Waals surface area (Å²) in [5, 5.41) is 5.41. The molecule has 1 rings (SSSR count). The topological polar surface area (TPSA) is 87.5 Å². The largest absolute Gasteiger partial charge is 0.399 e. The van der Waals surface area contributed by atoms with Crippen LogP contribution in [0.4, 0.5) is 11.4 Å². The van der Waals surface area contributed by atoms with Crippen LogP contribution in [0, 0.1) is 0 Å². The Labute approximate surface area is 125 Å². The lowest BCUT2D eigenvalue weighted by molar-refractivity contribution is -0.121. The van der Waals surface area contributed by atoms with Gasteiger partial charge in [-0.2, -0.15) is 0 Å². The standard InChI is InChI=1S/C15H24N4O2/c1-17-14(20)9-11-19(2)10-3-4-15(21)18-13-7-5-12(16)6-8-13/h5-8H,3-4,9-11,16H2,1-2H3,(H,17,20)(H,18,21). The number of benzene rings is 1. The third-order valence-electron chi connectivity index (χ3n) is 3.14. The molecule has 0 saturated heterocycles. The van der Waals surface area contributed by atoms with E-state index in [1.165, 1.54) is 0 Å². The van der Waals surface area contributed by atoms with Gasteiger partial charge in [-0.1, -0.05) is 0 Å². The molecule has 0 heterocycles. The van der Waals surface area contributed by atoms with Gasteiger partial charge in [-0.3, -0.25) is 9.59 Å². The summed E-state index contributed by atoms with van der Waals surface area (Å²) < 4.78 is 0. The quantitative estimate of drug-likeness (QED) is 0.625. The van der Waals surface area contributed by atoms with Gasteiger partial charge in [-0.05, 0) is 44.3 Å². The van der Waals surface area contributed by atoms with Crippen molar-refractivity contribution in [3.05, 3.63) is 24.3 Å². The first-order valence-electron chi connectivity index (χ1n) is 7.06. The first kappa shape index (κ1) is 17.0. The minimum absolute atomic E-state index is 0.0144. The summed E-state index contributed by atoms with van der Waals surface area (Å²) in [5.74, 6) is 0.0161. The molecule has 1 aromatic carbocycles. The average Bonchev–Trinajstić information content (AvgIpc) is 2.47. The van der Waals surface area contributed by atoms with Gasteiger partial charge in [-0.25, -0.2) is 0 Å². The fourth-order valence-electron chi connectivity index (χ4n) is 1.83. The van der Waals surface area contributed by atoms with E-state index >= 15 is 0 Å². The molecule has 0 spiro atoms. The molecule has 0 aliphatic carbocycles. The summed E-state index contributed by atoms with van der Waals surface area (Å²) in [5.41, 5.74) is 7.01. The first-order chi connectivity index (χ1) is 10.0. The number of carbonyl (C=O) groups excluding carboxylic acids is 2. The Bertz CT molecular complexity index is 459. The van der Waals surface area contributed by atoms with Crippen molar-refractivity contribution >= 4 is 23.2 Å². The molecule has 6 heteroatoms. The molecule has 0 radical (unpaired) electrons. The molecule has 4 N–H and O–H groups in total. The van der Waals surface area contributed by atoms with E-state index in [0.717, 1.165) is 18.7 Å². The minimum atomic E-state index is -0.0144. The summed E-state index contributed by atoms with van der Waals surface area (Å²) in [6.45, 7) is 1.48. The average molecular weight is 292 g/mol. The first-order valence-corrected chi connectivity index (χ1v) is 7.06. The number of nitrogen functional groups attached to an aromatic ring is 1. The molecule has 0 saturated carbocycles. The van der Waals surface area contributed by atoms with Crippen LogP contribution >= 0.6 is 0 Å². The van der Waals surface area contributed by atoms with Gasteiger partial charge < -0.3 is 21.3 Å². The zero-order chi connectivity index (χ0) is 15.7. The molecule has 6 nitrogen and oxygen atoms in total. The van der Waals surface area contributed by atoms with Crippen LogP contribution in [0.3, 0.4) is 0 Å². The summed E-state index contributed by atoms with van der Waals surface area (Å²) in [6, 6.07) is 7.07. The highest BCUT2D eigenvalue weighted by Crippen LogP contribution is 2.11. The molecule has 21 heavy (non-hydrogen) atoms. The molecule has 1 aromatic rings. The molecule has 0 fully saturated rings. The molecule has 0 aliphatic rings. The summed E-state index contributed by atoms with van der Waals surface area (Å²) in [6.07, 6.45) is 1.68. The predicted octanol–water partition coefficient (Wildman–Crippen LogP) is 1.06. The number of nitrogens with two attached hydrogens (primary N) is 1. The van der Waals surface area contributed by atoms with Gasteiger partial charge in [0.2, 0.25) is 11.8 Å². The number of nitrogens with zero attached hydrogens (tertiary/aromatic N) is 1. The second-order valence-corrected chi connectivity index (χ2v) is 5.00. The lowest BCUT2D eigenvalue weighted by Crippen LogP contribution is -2.27. The maximum Gasteiger partial charge on any atom is 0.224 e. The van der Waals surface area contributed by atoms with E-state index in [-0.39, 0.29) is 11.8 Å². The van der Waals surface area contributed by atoms with E-state index in [9.17, 15) is 9.59 Å². The van der Waals surface area contributed by atoms with Crippen LogP contribution in [-0.2, 0) is 9.59 Å². The van der Waals surface area contributed by atoms with E-state index in [2.05, 4.69) is 10.6 Å². The van der Waals surface area contributed by atoms with Gasteiger partial charge in [0.05, 0.1) is 0 Å². The van der Waals surface area contributed by atoms with Crippen LogP contribution in [0.25, 0.3) is 0 Å². The van der Waals surface area contributed by atoms with Crippen molar-refractivity contribution in [1.29, 1.82) is 0 Å². The SMILES string of the molecule is CNC(=O)CCN(C)CCCC(=O)Nc1ccc(N)cc1. The maximum absolute atomic E-state index is 11.8. The van der Waals surface area contributed by atoms with Crippen molar-refractivity contribution in [2.75, 3.05) is 38.2 Å². The van der Waals surface area contributed by atoms with Crippen LogP contribution in [0.15, 0.2) is 24.3 Å². The van der Waals surface area contributed by atoms with Gasteiger partial charge in [0.1, 0.15) is 0 Å². The zero-order valence-electron chi connectivity index (χ0n) is 12.7. The fourth-order valence-corrected chi connectivity index (χ4v) is 1.83. The fraction of sp³-hybridized carbons (Fsp3) is 0.467. The van der Waals surface area contributed by atoms with E-state index in [1.54, 1.807) is 31.3 Å². The number of amides is 2. The summed E-state index contributed by atoms with van der Waals surface area (Å²) >= 11 is 0. The van der Waals surface area contributed by atoms with Crippen molar-refractivity contribution in [1.82, 2.24) is 10.2 Å². The Balaban J connectivity index is 2.18. The van der Waals surface area contributed by atoms with Gasteiger partial charge in [0.25, 0.3) is 0 Å². The van der Waals surface area contributed by atoms with Crippen molar-refractivity contribution in [3.8, 4) is 0 Å². The predicted molar refractivity (Wildman–Crippen MR) is 84.9 cm³/mol. The van der Waals surface area contributed by atoms with E-state index in [4.69, 9.17) is 5.73 Å². The molecule has 116 valence electrons. The van der Waals surface area contributed by atoms with Gasteiger partial charge in [0, 0.05) is 37.8 Å². The molecule has 0 aromatic heterocycles. The van der Waals surface area contributed by atoms with E-state index in [1.807, 2.05) is 11.9 Å². The van der Waals surface area contributed by atoms with Crippen LogP contribution in [0.2, 0.25) is 0 Å². The molecular weight excluding hydrogens is 268 g/mol. The van der Waals surface area contributed by atoms with Gasteiger partial charge in [0.15, 0.2) is 0 Å². The van der Waals surface area contributed by atoms with Gasteiger partial charge >= 0.3 is 0 Å². The number of nitrogens with one attached hydrogen (secondary N) is 2. The van der Waals surface area contributed by atoms with Crippen LogP contribution in [0.1, 0.15) is 19.3 Å². The van der Waals surface area contributed by atoms with E-state index in [0.29, 0.717) is 25.1 Å². The van der Waals surface area contributed by atoms with Crippen LogP contribution in [-0.4, -0.2) is 43.9 Å². The molecular formula is C15H24N4O2. The Morgan fingerprint density at radius 3 is 2.38 bits per heavy atom. The Kier molecular flexibility index (Phi) is 7.25. The van der Waals surface area contributed by atoms with E-state index < -0.39 is 0 Å². The second-order valence-electron chi connectivity index (χ2n) is 5.00. The zero-order valence-corrected chi connectivity index (χ0v) is 12.7. The van der Waals surface area contributed by atoms with Crippen LogP contribution < -0.4 is 16.4 Å². The highest BCUT2D eigenvalue weighted by molar-refractivity contribution is 5.90. The molecule has 0 aliphatic heterocycles. The molecule has 0 bridgehead atoms. The van der Waals surface area contributed by atoms with Crippen molar-refractivity contribution in [2.24, 2.45) is 0 Å². The van der Waals surface area contributed by atoms with Crippen molar-refractivity contribution in [3.63, 3.8) is 0 Å².